The SMILES string of the molecule is CS/C([S-])=N/N=C1/C(=O)N(CCN2CCOCC2)c2cc(Cl)ccc21.CS/C([S-])=N/N=C1/C(=O)N(CCN2CCOCC2)c2cc(Cl)ccc21.[Pt+2]. The fraction of sp³-hybridized carbons (Fsp3) is 0.438. The second-order valence-electron chi connectivity index (χ2n) is 11.2. The summed E-state index contributed by atoms with van der Waals surface area (Å²) in [5.74, 6) is -0.337. The minimum atomic E-state index is -0.168. The number of hydrogen-bond donors (Lipinski definition) is 0. The van der Waals surface area contributed by atoms with Crippen molar-refractivity contribution in [2.45, 2.75) is 0 Å². The minimum absolute atomic E-state index is 0. The van der Waals surface area contributed by atoms with Gasteiger partial charge in [0.25, 0.3) is 11.8 Å². The molecule has 2 amide bonds. The maximum absolute atomic E-state index is 12.8. The van der Waals surface area contributed by atoms with Crippen LogP contribution in [0.4, 0.5) is 11.4 Å². The Morgan fingerprint density at radius 1 is 0.686 bits per heavy atom. The third-order valence-corrected chi connectivity index (χ3v) is 10.7. The number of carbonyl (C=O) groups excluding carboxylic acids is 2. The van der Waals surface area contributed by atoms with Crippen LogP contribution < -0.4 is 9.80 Å². The topological polar surface area (TPSA) is 115 Å². The fourth-order valence-corrected chi connectivity index (χ4v) is 6.25. The number of fused-ring (bicyclic) bond motifs is 2. The summed E-state index contributed by atoms with van der Waals surface area (Å²) in [5.41, 5.74) is 3.65. The van der Waals surface area contributed by atoms with E-state index in [1.165, 1.54) is 23.5 Å². The molecule has 2 aromatic rings. The molecule has 0 N–H and O–H groups in total. The predicted octanol–water partition coefficient (Wildman–Crippen LogP) is 3.98. The molecule has 2 aromatic carbocycles. The van der Waals surface area contributed by atoms with Crippen molar-refractivity contribution >= 4 is 115 Å². The molecule has 51 heavy (non-hydrogen) atoms. The Labute approximate surface area is 341 Å². The van der Waals surface area contributed by atoms with Gasteiger partial charge < -0.3 is 44.5 Å². The molecule has 12 nitrogen and oxygen atoms in total. The number of carbonyl (C=O) groups is 2. The average Bonchev–Trinajstić information content (AvgIpc) is 3.55. The van der Waals surface area contributed by atoms with E-state index in [0.29, 0.717) is 43.3 Å². The Hall–Kier alpha value is -1.69. The summed E-state index contributed by atoms with van der Waals surface area (Å²) in [6.07, 6.45) is 3.65. The van der Waals surface area contributed by atoms with E-state index in [9.17, 15) is 9.59 Å². The minimum Gasteiger partial charge on any atom is -0.752 e. The van der Waals surface area contributed by atoms with E-state index in [2.05, 4.69) is 30.2 Å². The van der Waals surface area contributed by atoms with Gasteiger partial charge in [0.05, 0.1) is 37.8 Å². The third-order valence-electron chi connectivity index (χ3n) is 8.21. The summed E-state index contributed by atoms with van der Waals surface area (Å²) in [6, 6.07) is 10.7. The molecule has 0 radical (unpaired) electrons. The number of hydrogen-bond acceptors (Lipinski definition) is 14. The molecule has 6 rings (SSSR count). The molecule has 0 bridgehead atoms. The number of morpholine rings is 2. The van der Waals surface area contributed by atoms with E-state index in [1.54, 1.807) is 46.2 Å². The number of benzene rings is 2. The van der Waals surface area contributed by atoms with Crippen LogP contribution in [0.2, 0.25) is 10.0 Å². The predicted molar refractivity (Wildman–Crippen MR) is 212 cm³/mol. The number of rotatable bonds is 8. The zero-order valence-corrected chi connectivity index (χ0v) is 34.9. The van der Waals surface area contributed by atoms with Crippen LogP contribution in [0.25, 0.3) is 0 Å². The van der Waals surface area contributed by atoms with E-state index >= 15 is 0 Å². The van der Waals surface area contributed by atoms with Gasteiger partial charge in [-0.05, 0) is 57.7 Å². The summed E-state index contributed by atoms with van der Waals surface area (Å²) in [7, 11) is 0. The molecular weight excluding hydrogens is 955 g/mol. The van der Waals surface area contributed by atoms with Crippen molar-refractivity contribution in [1.29, 1.82) is 0 Å². The van der Waals surface area contributed by atoms with Crippen molar-refractivity contribution in [1.82, 2.24) is 9.80 Å². The Balaban J connectivity index is 0.000000224. The number of thioether (sulfide) groups is 2. The van der Waals surface area contributed by atoms with Gasteiger partial charge in [-0.3, -0.25) is 19.4 Å². The van der Waals surface area contributed by atoms with E-state index in [-0.39, 0.29) is 32.9 Å². The van der Waals surface area contributed by atoms with Crippen LogP contribution >= 0.6 is 46.7 Å². The zero-order chi connectivity index (χ0) is 35.6. The standard InChI is InChI=1S/2C16H19ClN4O2S2.Pt/c2*1-25-16(24)19-18-14-12-3-2-11(17)10-13(12)21(15(14)22)5-4-20-6-8-23-9-7-20;/h2*2-3,10H,4-9H2,1H3,(H,19,24);/q;;+2/p-2/b2*18-14+;. The molecule has 4 aliphatic rings. The van der Waals surface area contributed by atoms with Gasteiger partial charge in [0.1, 0.15) is 0 Å². The molecule has 4 aliphatic heterocycles. The molecule has 19 heteroatoms. The maximum Gasteiger partial charge on any atom is 2.00 e. The Bertz CT molecular complexity index is 1570. The van der Waals surface area contributed by atoms with Gasteiger partial charge >= 0.3 is 21.1 Å². The first-order valence-electron chi connectivity index (χ1n) is 15.8. The molecule has 0 saturated carbocycles. The van der Waals surface area contributed by atoms with E-state index < -0.39 is 0 Å². The number of nitrogens with zero attached hydrogens (tertiary/aromatic N) is 8. The number of ether oxygens (including phenoxy) is 2. The largest absolute Gasteiger partial charge is 2.00 e. The van der Waals surface area contributed by atoms with Crippen LogP contribution in [0, 0.1) is 0 Å². The number of amides is 2. The van der Waals surface area contributed by atoms with Crippen molar-refractivity contribution in [3.8, 4) is 0 Å². The number of halogens is 2. The second-order valence-corrected chi connectivity index (χ2v) is 14.9. The Kier molecular flexibility index (Phi) is 17.1. The van der Waals surface area contributed by atoms with E-state index in [4.69, 9.17) is 57.9 Å². The molecule has 4 heterocycles. The van der Waals surface area contributed by atoms with Gasteiger partial charge in [-0.2, -0.15) is 10.2 Å². The van der Waals surface area contributed by atoms with Crippen LogP contribution in [-0.4, -0.2) is 133 Å². The van der Waals surface area contributed by atoms with Crippen LogP contribution in [0.5, 0.6) is 0 Å². The monoisotopic (exact) mass is 989 g/mol. The summed E-state index contributed by atoms with van der Waals surface area (Å²) in [5, 5.41) is 17.3. The van der Waals surface area contributed by atoms with Crippen LogP contribution in [0.3, 0.4) is 0 Å². The summed E-state index contributed by atoms with van der Waals surface area (Å²) >= 11 is 25.0. The van der Waals surface area contributed by atoms with Gasteiger partial charge in [0.2, 0.25) is 0 Å². The van der Waals surface area contributed by atoms with E-state index in [0.717, 1.165) is 88.2 Å². The van der Waals surface area contributed by atoms with Crippen LogP contribution in [0.1, 0.15) is 11.1 Å². The van der Waals surface area contributed by atoms with Gasteiger partial charge in [0.15, 0.2) is 11.4 Å². The molecule has 0 unspecified atom stereocenters. The van der Waals surface area contributed by atoms with Crippen molar-refractivity contribution in [2.24, 2.45) is 20.4 Å². The zero-order valence-electron chi connectivity index (χ0n) is 27.9. The summed E-state index contributed by atoms with van der Waals surface area (Å²) in [4.78, 5) is 33.7. The first-order chi connectivity index (χ1) is 24.2. The van der Waals surface area contributed by atoms with Gasteiger partial charge in [-0.15, -0.1) is 33.7 Å². The van der Waals surface area contributed by atoms with Crippen molar-refractivity contribution in [3.63, 3.8) is 0 Å². The number of anilines is 2. The van der Waals surface area contributed by atoms with Gasteiger partial charge in [-0.25, -0.2) is 0 Å². The average molecular weight is 991 g/mol. The smallest absolute Gasteiger partial charge is 0.752 e. The van der Waals surface area contributed by atoms with Gasteiger partial charge in [0, 0.05) is 73.5 Å². The molecule has 0 atom stereocenters. The molecule has 276 valence electrons. The maximum atomic E-state index is 12.8. The quantitative estimate of drug-likeness (QED) is 0.167. The van der Waals surface area contributed by atoms with Gasteiger partial charge in [-0.1, -0.05) is 23.2 Å². The molecular formula is C32H36Cl2N8O4PtS4. The van der Waals surface area contributed by atoms with Crippen LogP contribution in [-0.2, 0) is 65.4 Å². The van der Waals surface area contributed by atoms with Crippen molar-refractivity contribution in [3.05, 3.63) is 57.6 Å². The van der Waals surface area contributed by atoms with Crippen LogP contribution in [0.15, 0.2) is 56.8 Å². The van der Waals surface area contributed by atoms with Crippen molar-refractivity contribution in [2.75, 3.05) is 101 Å². The Morgan fingerprint density at radius 3 is 1.41 bits per heavy atom. The molecule has 2 saturated heterocycles. The molecule has 0 aliphatic carbocycles. The third kappa shape index (κ3) is 11.2. The van der Waals surface area contributed by atoms with Crippen molar-refractivity contribution < 1.29 is 40.1 Å². The van der Waals surface area contributed by atoms with E-state index in [1.807, 2.05) is 12.5 Å². The first-order valence-corrected chi connectivity index (χ1v) is 19.8. The summed E-state index contributed by atoms with van der Waals surface area (Å²) in [6.45, 7) is 9.11. The fourth-order valence-electron chi connectivity index (χ4n) is 5.59. The first kappa shape index (κ1) is 42.1. The second kappa shape index (κ2) is 20.7. The summed E-state index contributed by atoms with van der Waals surface area (Å²) < 4.78 is 11.5. The molecule has 0 aromatic heterocycles. The molecule has 0 spiro atoms. The normalized spacial score (nSPS) is 20.0. The Morgan fingerprint density at radius 2 is 1.06 bits per heavy atom. The molecule has 2 fully saturated rings.